The maximum absolute atomic E-state index is 12.2. The fraction of sp³-hybridized carbons (Fsp3) is 0.300. The van der Waals surface area contributed by atoms with Gasteiger partial charge in [-0.05, 0) is 17.7 Å². The first-order valence-electron chi connectivity index (χ1n) is 8.62. The largest absolute Gasteiger partial charge is 0.484 e. The van der Waals surface area contributed by atoms with Crippen LogP contribution in [0.1, 0.15) is 11.6 Å². The average Bonchev–Trinajstić information content (AvgIpc) is 2.65. The Hall–Kier alpha value is -2.86. The molecule has 0 fully saturated rings. The third-order valence-electron chi connectivity index (χ3n) is 3.71. The molecule has 0 aliphatic heterocycles. The molecule has 2 rings (SSSR count). The first-order valence-corrected chi connectivity index (χ1v) is 8.62. The SMILES string of the molecule is C[NH+](C)C[C@@H](NC(=O)CNC(=O)COc1ccccc1)c1ccccc1. The van der Waals surface area contributed by atoms with E-state index in [0.717, 1.165) is 12.1 Å². The summed E-state index contributed by atoms with van der Waals surface area (Å²) < 4.78 is 5.36. The van der Waals surface area contributed by atoms with Crippen molar-refractivity contribution in [3.05, 3.63) is 66.2 Å². The van der Waals surface area contributed by atoms with Crippen molar-refractivity contribution in [3.63, 3.8) is 0 Å². The third-order valence-corrected chi connectivity index (χ3v) is 3.71. The molecule has 0 bridgehead atoms. The molecule has 26 heavy (non-hydrogen) atoms. The summed E-state index contributed by atoms with van der Waals surface area (Å²) in [7, 11) is 4.07. The molecule has 0 saturated carbocycles. The van der Waals surface area contributed by atoms with Gasteiger partial charge in [0, 0.05) is 0 Å². The van der Waals surface area contributed by atoms with Crippen LogP contribution < -0.4 is 20.3 Å². The molecule has 6 nitrogen and oxygen atoms in total. The van der Waals surface area contributed by atoms with Crippen LogP contribution in [0, 0.1) is 0 Å². The molecular weight excluding hydrogens is 330 g/mol. The van der Waals surface area contributed by atoms with Crippen LogP contribution in [0.2, 0.25) is 0 Å². The molecule has 2 aromatic rings. The van der Waals surface area contributed by atoms with E-state index in [-0.39, 0.29) is 31.0 Å². The molecule has 138 valence electrons. The van der Waals surface area contributed by atoms with Crippen LogP contribution >= 0.6 is 0 Å². The zero-order valence-corrected chi connectivity index (χ0v) is 15.2. The van der Waals surface area contributed by atoms with Gasteiger partial charge in [-0.3, -0.25) is 9.59 Å². The number of para-hydroxylation sites is 1. The molecular formula is C20H26N3O3+. The fourth-order valence-electron chi connectivity index (χ4n) is 2.49. The number of carbonyl (C=O) groups is 2. The number of likely N-dealkylation sites (N-methyl/N-ethyl adjacent to an activating group) is 1. The van der Waals surface area contributed by atoms with E-state index in [2.05, 4.69) is 10.6 Å². The van der Waals surface area contributed by atoms with Gasteiger partial charge in [-0.2, -0.15) is 0 Å². The minimum Gasteiger partial charge on any atom is -0.484 e. The Morgan fingerprint density at radius 1 is 0.962 bits per heavy atom. The smallest absolute Gasteiger partial charge is 0.258 e. The zero-order valence-electron chi connectivity index (χ0n) is 15.2. The summed E-state index contributed by atoms with van der Waals surface area (Å²) in [6.07, 6.45) is 0. The van der Waals surface area contributed by atoms with Crippen molar-refractivity contribution < 1.29 is 19.2 Å². The molecule has 2 amide bonds. The fourth-order valence-corrected chi connectivity index (χ4v) is 2.49. The van der Waals surface area contributed by atoms with Gasteiger partial charge in [0.1, 0.15) is 18.3 Å². The van der Waals surface area contributed by atoms with Gasteiger partial charge in [0.2, 0.25) is 5.91 Å². The van der Waals surface area contributed by atoms with E-state index in [1.165, 1.54) is 4.90 Å². The lowest BCUT2D eigenvalue weighted by Gasteiger charge is -2.21. The number of nitrogens with one attached hydrogen (secondary N) is 3. The average molecular weight is 356 g/mol. The number of rotatable bonds is 9. The number of quaternary nitrogens is 1. The van der Waals surface area contributed by atoms with Crippen LogP contribution in [0.4, 0.5) is 0 Å². The Balaban J connectivity index is 1.79. The predicted molar refractivity (Wildman–Crippen MR) is 100.0 cm³/mol. The molecule has 6 heteroatoms. The summed E-state index contributed by atoms with van der Waals surface area (Å²) in [5.41, 5.74) is 1.04. The summed E-state index contributed by atoms with van der Waals surface area (Å²) in [5, 5.41) is 5.56. The topological polar surface area (TPSA) is 71.9 Å². The van der Waals surface area contributed by atoms with Crippen LogP contribution in [0.3, 0.4) is 0 Å². The van der Waals surface area contributed by atoms with Gasteiger partial charge in [0.05, 0.1) is 20.6 Å². The maximum Gasteiger partial charge on any atom is 0.258 e. The number of carbonyl (C=O) groups excluding carboxylic acids is 2. The van der Waals surface area contributed by atoms with Gasteiger partial charge in [-0.15, -0.1) is 0 Å². The Labute approximate surface area is 154 Å². The normalized spacial score (nSPS) is 11.7. The van der Waals surface area contributed by atoms with Gasteiger partial charge >= 0.3 is 0 Å². The van der Waals surface area contributed by atoms with E-state index in [1.54, 1.807) is 12.1 Å². The molecule has 0 heterocycles. The second-order valence-corrected chi connectivity index (χ2v) is 6.32. The highest BCUT2D eigenvalue weighted by Gasteiger charge is 2.17. The van der Waals surface area contributed by atoms with E-state index < -0.39 is 0 Å². The van der Waals surface area contributed by atoms with Crippen LogP contribution in [-0.4, -0.2) is 45.6 Å². The Kier molecular flexibility index (Phi) is 7.64. The highest BCUT2D eigenvalue weighted by atomic mass is 16.5. The molecule has 0 saturated heterocycles. The van der Waals surface area contributed by atoms with Gasteiger partial charge in [0.25, 0.3) is 5.91 Å². The predicted octanol–water partition coefficient (Wildman–Crippen LogP) is 0.184. The summed E-state index contributed by atoms with van der Waals surface area (Å²) in [6.45, 7) is 0.547. The molecule has 0 radical (unpaired) electrons. The Bertz CT molecular complexity index is 690. The van der Waals surface area contributed by atoms with Crippen molar-refractivity contribution in [2.24, 2.45) is 0 Å². The summed E-state index contributed by atoms with van der Waals surface area (Å²) in [6, 6.07) is 18.8. The Morgan fingerprint density at radius 3 is 2.19 bits per heavy atom. The van der Waals surface area contributed by atoms with Crippen molar-refractivity contribution in [2.45, 2.75) is 6.04 Å². The first kappa shape index (κ1) is 19.5. The molecule has 0 aromatic heterocycles. The second-order valence-electron chi connectivity index (χ2n) is 6.32. The number of hydrogen-bond acceptors (Lipinski definition) is 3. The first-order chi connectivity index (χ1) is 12.5. The van der Waals surface area contributed by atoms with Crippen molar-refractivity contribution in [1.82, 2.24) is 10.6 Å². The van der Waals surface area contributed by atoms with Gasteiger partial charge in [-0.25, -0.2) is 0 Å². The quantitative estimate of drug-likeness (QED) is 0.600. The highest BCUT2D eigenvalue weighted by Crippen LogP contribution is 2.10. The molecule has 0 aliphatic rings. The highest BCUT2D eigenvalue weighted by molar-refractivity contribution is 5.85. The van der Waals surface area contributed by atoms with Crippen molar-refractivity contribution in [3.8, 4) is 5.75 Å². The second kappa shape index (κ2) is 10.2. The summed E-state index contributed by atoms with van der Waals surface area (Å²) in [5.74, 6) is 0.0527. The number of hydrogen-bond donors (Lipinski definition) is 3. The van der Waals surface area contributed by atoms with Crippen LogP contribution in [0.5, 0.6) is 5.75 Å². The van der Waals surface area contributed by atoms with Crippen LogP contribution in [-0.2, 0) is 9.59 Å². The molecule has 1 atom stereocenters. The van der Waals surface area contributed by atoms with Crippen molar-refractivity contribution >= 4 is 11.8 Å². The van der Waals surface area contributed by atoms with E-state index >= 15 is 0 Å². The van der Waals surface area contributed by atoms with E-state index in [9.17, 15) is 9.59 Å². The lowest BCUT2D eigenvalue weighted by atomic mass is 10.1. The molecule has 0 aliphatic carbocycles. The van der Waals surface area contributed by atoms with Gasteiger partial charge in [0.15, 0.2) is 6.61 Å². The van der Waals surface area contributed by atoms with Gasteiger partial charge in [-0.1, -0.05) is 48.5 Å². The Morgan fingerprint density at radius 2 is 1.58 bits per heavy atom. The van der Waals surface area contributed by atoms with Crippen molar-refractivity contribution in [1.29, 1.82) is 0 Å². The monoisotopic (exact) mass is 356 g/mol. The number of benzene rings is 2. The summed E-state index contributed by atoms with van der Waals surface area (Å²) >= 11 is 0. The van der Waals surface area contributed by atoms with Crippen LogP contribution in [0.25, 0.3) is 0 Å². The molecule has 3 N–H and O–H groups in total. The van der Waals surface area contributed by atoms with Crippen LogP contribution in [0.15, 0.2) is 60.7 Å². The zero-order chi connectivity index (χ0) is 18.8. The molecule has 0 unspecified atom stereocenters. The molecule has 0 spiro atoms. The number of ether oxygens (including phenoxy) is 1. The van der Waals surface area contributed by atoms with Crippen molar-refractivity contribution in [2.75, 3.05) is 33.8 Å². The lowest BCUT2D eigenvalue weighted by Crippen LogP contribution is -3.06. The summed E-state index contributed by atoms with van der Waals surface area (Å²) in [4.78, 5) is 25.3. The van der Waals surface area contributed by atoms with E-state index in [1.807, 2.05) is 62.6 Å². The van der Waals surface area contributed by atoms with E-state index in [0.29, 0.717) is 5.75 Å². The lowest BCUT2D eigenvalue weighted by molar-refractivity contribution is -0.860. The minimum absolute atomic E-state index is 0.0803. The third kappa shape index (κ3) is 6.94. The van der Waals surface area contributed by atoms with Gasteiger partial charge < -0.3 is 20.3 Å². The van der Waals surface area contributed by atoms with E-state index in [4.69, 9.17) is 4.74 Å². The maximum atomic E-state index is 12.2. The standard InChI is InChI=1S/C20H25N3O3/c1-23(2)14-18(16-9-5-3-6-10-16)22-19(24)13-21-20(25)15-26-17-11-7-4-8-12-17/h3-12,18H,13-15H2,1-2H3,(H,21,25)(H,22,24)/p+1/t18-/m1/s1. The number of amides is 2. The molecule has 2 aromatic carbocycles. The minimum atomic E-state index is -0.335.